The second kappa shape index (κ2) is 6.47. The average Bonchev–Trinajstić information content (AvgIpc) is 3.17. The maximum atomic E-state index is 12.7. The van der Waals surface area contributed by atoms with Crippen molar-refractivity contribution in [1.29, 1.82) is 0 Å². The van der Waals surface area contributed by atoms with E-state index in [4.69, 9.17) is 0 Å². The molecule has 2 aliphatic carbocycles. The summed E-state index contributed by atoms with van der Waals surface area (Å²) in [4.78, 5) is 0. The molecule has 0 radical (unpaired) electrons. The minimum absolute atomic E-state index is 0.333. The van der Waals surface area contributed by atoms with Gasteiger partial charge in [-0.25, -0.2) is 0 Å². The second-order valence-electron chi connectivity index (χ2n) is 6.34. The van der Waals surface area contributed by atoms with Crippen molar-refractivity contribution in [1.82, 2.24) is 5.32 Å². The van der Waals surface area contributed by atoms with Gasteiger partial charge in [0.1, 0.15) is 0 Å². The number of rotatable bonds is 6. The number of hydrogen-bond donors (Lipinski definition) is 1. The van der Waals surface area contributed by atoms with Crippen molar-refractivity contribution in [3.8, 4) is 0 Å². The van der Waals surface area contributed by atoms with Crippen LogP contribution in [0, 0.1) is 17.8 Å². The Labute approximate surface area is 114 Å². The molecule has 1 atom stereocenters. The Morgan fingerprint density at radius 1 is 1.05 bits per heavy atom. The summed E-state index contributed by atoms with van der Waals surface area (Å²) in [5.41, 5.74) is 0. The Hall–Kier alpha value is -0.250. The molecule has 112 valence electrons. The minimum atomic E-state index is -3.98. The van der Waals surface area contributed by atoms with Gasteiger partial charge in [-0.2, -0.15) is 13.2 Å². The predicted octanol–water partition coefficient (Wildman–Crippen LogP) is 4.52. The Kier molecular flexibility index (Phi) is 5.15. The minimum Gasteiger partial charge on any atom is -0.314 e. The molecule has 0 aromatic rings. The number of halogens is 3. The van der Waals surface area contributed by atoms with Crippen molar-refractivity contribution in [2.24, 2.45) is 17.8 Å². The van der Waals surface area contributed by atoms with Crippen LogP contribution < -0.4 is 5.32 Å². The lowest BCUT2D eigenvalue weighted by atomic mass is 9.77. The molecule has 1 nitrogen and oxygen atoms in total. The highest BCUT2D eigenvalue weighted by atomic mass is 19.4. The molecule has 0 saturated heterocycles. The molecule has 0 heterocycles. The van der Waals surface area contributed by atoms with Gasteiger partial charge < -0.3 is 5.32 Å². The third-order valence-electron chi connectivity index (χ3n) is 4.85. The molecular formula is C15H26F3N. The summed E-state index contributed by atoms with van der Waals surface area (Å²) in [7, 11) is 0. The fraction of sp³-hybridized carbons (Fsp3) is 1.00. The summed E-state index contributed by atoms with van der Waals surface area (Å²) in [5.74, 6) is 0.319. The molecule has 2 saturated carbocycles. The van der Waals surface area contributed by atoms with Gasteiger partial charge in [0.2, 0.25) is 0 Å². The van der Waals surface area contributed by atoms with Gasteiger partial charge in [-0.05, 0) is 56.9 Å². The van der Waals surface area contributed by atoms with Gasteiger partial charge in [0.05, 0.1) is 5.92 Å². The monoisotopic (exact) mass is 277 g/mol. The highest BCUT2D eigenvalue weighted by Crippen LogP contribution is 2.42. The second-order valence-corrected chi connectivity index (χ2v) is 6.34. The molecule has 0 aromatic heterocycles. The lowest BCUT2D eigenvalue weighted by Crippen LogP contribution is -2.39. The lowest BCUT2D eigenvalue weighted by Gasteiger charge is -2.35. The van der Waals surface area contributed by atoms with Crippen LogP contribution in [-0.2, 0) is 0 Å². The van der Waals surface area contributed by atoms with Crippen LogP contribution in [0.1, 0.15) is 58.3 Å². The normalized spacial score (nSPS) is 30.3. The van der Waals surface area contributed by atoms with Gasteiger partial charge in [-0.15, -0.1) is 0 Å². The average molecular weight is 277 g/mol. The van der Waals surface area contributed by atoms with Crippen molar-refractivity contribution in [2.45, 2.75) is 70.5 Å². The van der Waals surface area contributed by atoms with Crippen LogP contribution in [0.3, 0.4) is 0 Å². The van der Waals surface area contributed by atoms with Crippen LogP contribution in [-0.4, -0.2) is 18.8 Å². The smallest absolute Gasteiger partial charge is 0.314 e. The maximum absolute atomic E-state index is 12.7. The number of alkyl halides is 3. The van der Waals surface area contributed by atoms with E-state index in [2.05, 4.69) is 12.2 Å². The van der Waals surface area contributed by atoms with Gasteiger partial charge in [0.15, 0.2) is 0 Å². The molecule has 0 aliphatic heterocycles. The van der Waals surface area contributed by atoms with Crippen molar-refractivity contribution in [3.63, 3.8) is 0 Å². The van der Waals surface area contributed by atoms with Gasteiger partial charge in [0.25, 0.3) is 0 Å². The highest BCUT2D eigenvalue weighted by molar-refractivity contribution is 4.85. The topological polar surface area (TPSA) is 12.0 Å². The standard InChI is InChI=1S/C15H26F3N/c1-2-19-14(10-5-11-3-4-11)12-6-8-13(9-7-12)15(16,17)18/h11-14,19H,2-10H2,1H3. The van der Waals surface area contributed by atoms with E-state index in [1.807, 2.05) is 0 Å². The fourth-order valence-electron chi connectivity index (χ4n) is 3.44. The van der Waals surface area contributed by atoms with Crippen molar-refractivity contribution in [3.05, 3.63) is 0 Å². The zero-order valence-corrected chi connectivity index (χ0v) is 11.8. The molecule has 1 N–H and O–H groups in total. The van der Waals surface area contributed by atoms with E-state index in [1.54, 1.807) is 0 Å². The number of nitrogens with one attached hydrogen (secondary N) is 1. The summed E-state index contributed by atoms with van der Waals surface area (Å²) < 4.78 is 38.0. The van der Waals surface area contributed by atoms with E-state index in [9.17, 15) is 13.2 Å². The molecule has 0 bridgehead atoms. The zero-order chi connectivity index (χ0) is 13.9. The predicted molar refractivity (Wildman–Crippen MR) is 70.9 cm³/mol. The maximum Gasteiger partial charge on any atom is 0.391 e. The van der Waals surface area contributed by atoms with E-state index < -0.39 is 12.1 Å². The largest absolute Gasteiger partial charge is 0.391 e. The fourth-order valence-corrected chi connectivity index (χ4v) is 3.44. The van der Waals surface area contributed by atoms with Gasteiger partial charge in [-0.3, -0.25) is 0 Å². The highest BCUT2D eigenvalue weighted by Gasteiger charge is 2.42. The molecule has 0 spiro atoms. The van der Waals surface area contributed by atoms with Gasteiger partial charge >= 0.3 is 6.18 Å². The van der Waals surface area contributed by atoms with Crippen LogP contribution >= 0.6 is 0 Å². The summed E-state index contributed by atoms with van der Waals surface area (Å²) in [6, 6.07) is 0.444. The molecule has 0 amide bonds. The van der Waals surface area contributed by atoms with Gasteiger partial charge in [0, 0.05) is 6.04 Å². The molecule has 1 unspecified atom stereocenters. The van der Waals surface area contributed by atoms with Crippen molar-refractivity contribution >= 4 is 0 Å². The molecule has 2 rings (SSSR count). The summed E-state index contributed by atoms with van der Waals surface area (Å²) >= 11 is 0. The molecular weight excluding hydrogens is 251 g/mol. The van der Waals surface area contributed by atoms with Crippen LogP contribution in [0.15, 0.2) is 0 Å². The quantitative estimate of drug-likeness (QED) is 0.752. The van der Waals surface area contributed by atoms with Crippen LogP contribution in [0.4, 0.5) is 13.2 Å². The molecule has 2 aliphatic rings. The van der Waals surface area contributed by atoms with Crippen molar-refractivity contribution in [2.75, 3.05) is 6.54 Å². The van der Waals surface area contributed by atoms with E-state index >= 15 is 0 Å². The van der Waals surface area contributed by atoms with E-state index in [-0.39, 0.29) is 0 Å². The number of hydrogen-bond acceptors (Lipinski definition) is 1. The molecule has 2 fully saturated rings. The van der Waals surface area contributed by atoms with Crippen molar-refractivity contribution < 1.29 is 13.2 Å². The van der Waals surface area contributed by atoms with E-state index in [0.29, 0.717) is 24.8 Å². The lowest BCUT2D eigenvalue weighted by molar-refractivity contribution is -0.184. The summed E-state index contributed by atoms with van der Waals surface area (Å²) in [5, 5.41) is 3.51. The first-order chi connectivity index (χ1) is 9.00. The third kappa shape index (κ3) is 4.66. The van der Waals surface area contributed by atoms with Crippen LogP contribution in [0.2, 0.25) is 0 Å². The first kappa shape index (κ1) is 15.1. The Balaban J connectivity index is 1.78. The molecule has 4 heteroatoms. The van der Waals surface area contributed by atoms with Crippen LogP contribution in [0.5, 0.6) is 0 Å². The summed E-state index contributed by atoms with van der Waals surface area (Å²) in [6.07, 6.45) is 3.31. The molecule has 19 heavy (non-hydrogen) atoms. The van der Waals surface area contributed by atoms with Crippen LogP contribution in [0.25, 0.3) is 0 Å². The third-order valence-corrected chi connectivity index (χ3v) is 4.85. The van der Waals surface area contributed by atoms with E-state index in [0.717, 1.165) is 31.7 Å². The van der Waals surface area contributed by atoms with E-state index in [1.165, 1.54) is 19.3 Å². The first-order valence-electron chi connectivity index (χ1n) is 7.80. The molecule has 0 aromatic carbocycles. The zero-order valence-electron chi connectivity index (χ0n) is 11.8. The Bertz CT molecular complexity index is 265. The Morgan fingerprint density at radius 2 is 1.68 bits per heavy atom. The SMILES string of the molecule is CCNC(CCC1CC1)C1CCC(C(F)(F)F)CC1. The summed E-state index contributed by atoms with van der Waals surface area (Å²) in [6.45, 7) is 3.01. The Morgan fingerprint density at radius 3 is 2.16 bits per heavy atom. The first-order valence-corrected chi connectivity index (χ1v) is 7.80. The van der Waals surface area contributed by atoms with Gasteiger partial charge in [-0.1, -0.05) is 19.8 Å².